The zero-order valence-corrected chi connectivity index (χ0v) is 18.4. The van der Waals surface area contributed by atoms with E-state index in [1.165, 1.54) is 5.56 Å². The average molecular weight is 388 g/mol. The first-order valence-electron chi connectivity index (χ1n) is 10.6. The summed E-state index contributed by atoms with van der Waals surface area (Å²) in [5.41, 5.74) is 1.21. The molecule has 0 bridgehead atoms. The summed E-state index contributed by atoms with van der Waals surface area (Å²) in [6.07, 6.45) is 3.61. The molecule has 1 aromatic carbocycles. The second kappa shape index (κ2) is 8.67. The topological polar surface area (TPSA) is 57.6 Å². The maximum absolute atomic E-state index is 13.3. The molecule has 28 heavy (non-hydrogen) atoms. The highest BCUT2D eigenvalue weighted by atomic mass is 16.4. The molecule has 1 amide bonds. The summed E-state index contributed by atoms with van der Waals surface area (Å²) in [6, 6.07) is 8.22. The summed E-state index contributed by atoms with van der Waals surface area (Å²) in [4.78, 5) is 27.2. The van der Waals surface area contributed by atoms with E-state index in [9.17, 15) is 14.7 Å². The first-order chi connectivity index (χ1) is 13.0. The number of nitrogens with zero attached hydrogens (tertiary/aromatic N) is 1. The number of benzene rings is 1. The molecule has 0 aromatic heterocycles. The quantitative estimate of drug-likeness (QED) is 0.694. The smallest absolute Gasteiger partial charge is 0.329 e. The molecular formula is C24H37NO3. The fraction of sp³-hybridized carbons (Fsp3) is 0.667. The van der Waals surface area contributed by atoms with Crippen molar-refractivity contribution in [2.75, 3.05) is 6.54 Å². The molecule has 1 saturated heterocycles. The number of carboxylic acid groups (broad SMARTS) is 1. The maximum Gasteiger partial charge on any atom is 0.329 e. The first kappa shape index (κ1) is 22.4. The fourth-order valence-corrected chi connectivity index (χ4v) is 4.16. The van der Waals surface area contributed by atoms with Gasteiger partial charge in [-0.25, -0.2) is 4.79 Å². The van der Waals surface area contributed by atoms with Crippen molar-refractivity contribution in [1.82, 2.24) is 4.90 Å². The van der Waals surface area contributed by atoms with Gasteiger partial charge >= 0.3 is 5.97 Å². The third-order valence-electron chi connectivity index (χ3n) is 5.94. The maximum atomic E-state index is 13.3. The summed E-state index contributed by atoms with van der Waals surface area (Å²) < 4.78 is 0. The fourth-order valence-electron chi connectivity index (χ4n) is 4.16. The number of amides is 1. The van der Waals surface area contributed by atoms with E-state index >= 15 is 0 Å². The van der Waals surface area contributed by atoms with Crippen LogP contribution in [0.3, 0.4) is 0 Å². The number of carbonyl (C=O) groups is 2. The molecule has 1 N–H and O–H groups in total. The molecule has 2 rings (SSSR count). The third-order valence-corrected chi connectivity index (χ3v) is 5.94. The molecule has 1 aromatic rings. The minimum atomic E-state index is -1.06. The second-order valence-corrected chi connectivity index (χ2v) is 10.1. The van der Waals surface area contributed by atoms with Gasteiger partial charge in [0.15, 0.2) is 0 Å². The average Bonchev–Trinajstić information content (AvgIpc) is 3.03. The van der Waals surface area contributed by atoms with Gasteiger partial charge in [0.1, 0.15) is 5.54 Å². The van der Waals surface area contributed by atoms with Crippen LogP contribution in [-0.2, 0) is 16.0 Å². The minimum Gasteiger partial charge on any atom is -0.479 e. The summed E-state index contributed by atoms with van der Waals surface area (Å²) in [7, 11) is 0. The van der Waals surface area contributed by atoms with Gasteiger partial charge in [0.25, 0.3) is 0 Å². The molecule has 2 atom stereocenters. The van der Waals surface area contributed by atoms with Gasteiger partial charge in [-0.1, -0.05) is 58.9 Å². The number of carboxylic acids is 1. The number of hydrogen-bond donors (Lipinski definition) is 1. The van der Waals surface area contributed by atoms with Crippen LogP contribution in [0.15, 0.2) is 24.3 Å². The molecule has 4 nitrogen and oxygen atoms in total. The Hall–Kier alpha value is -1.84. The lowest BCUT2D eigenvalue weighted by Crippen LogP contribution is -2.54. The van der Waals surface area contributed by atoms with Crippen molar-refractivity contribution >= 4 is 11.9 Å². The van der Waals surface area contributed by atoms with Gasteiger partial charge in [-0.2, -0.15) is 0 Å². The Morgan fingerprint density at radius 3 is 2.25 bits per heavy atom. The van der Waals surface area contributed by atoms with E-state index in [0.29, 0.717) is 25.3 Å². The Morgan fingerprint density at radius 1 is 1.14 bits per heavy atom. The zero-order valence-electron chi connectivity index (χ0n) is 18.4. The van der Waals surface area contributed by atoms with Crippen LogP contribution >= 0.6 is 0 Å². The van der Waals surface area contributed by atoms with Crippen LogP contribution in [0.5, 0.6) is 0 Å². The van der Waals surface area contributed by atoms with Gasteiger partial charge in [0, 0.05) is 6.54 Å². The lowest BCUT2D eigenvalue weighted by Gasteiger charge is -2.38. The number of rotatable bonds is 7. The van der Waals surface area contributed by atoms with Crippen LogP contribution in [0.2, 0.25) is 0 Å². The van der Waals surface area contributed by atoms with Crippen molar-refractivity contribution in [2.45, 2.75) is 85.1 Å². The molecular weight excluding hydrogens is 350 g/mol. The molecule has 1 heterocycles. The number of carbonyl (C=O) groups excluding carboxylic acids is 1. The highest BCUT2D eigenvalue weighted by molar-refractivity contribution is 5.91. The second-order valence-electron chi connectivity index (χ2n) is 10.1. The van der Waals surface area contributed by atoms with E-state index in [1.54, 1.807) is 4.90 Å². The summed E-state index contributed by atoms with van der Waals surface area (Å²) in [5, 5.41) is 10.1. The van der Waals surface area contributed by atoms with Gasteiger partial charge in [-0.3, -0.25) is 4.79 Å². The van der Waals surface area contributed by atoms with E-state index in [-0.39, 0.29) is 17.2 Å². The van der Waals surface area contributed by atoms with E-state index in [1.807, 2.05) is 19.1 Å². The summed E-state index contributed by atoms with van der Waals surface area (Å²) >= 11 is 0. The molecule has 0 saturated carbocycles. The number of likely N-dealkylation sites (tertiary alicyclic amines) is 1. The van der Waals surface area contributed by atoms with Crippen LogP contribution < -0.4 is 0 Å². The van der Waals surface area contributed by atoms with E-state index < -0.39 is 11.5 Å². The molecule has 0 radical (unpaired) electrons. The highest BCUT2D eigenvalue weighted by Crippen LogP contribution is 2.39. The van der Waals surface area contributed by atoms with Crippen molar-refractivity contribution in [3.8, 4) is 0 Å². The molecule has 4 heteroatoms. The SMILES string of the molecule is CC(C)Cc1ccc(C(C)C(=O)N2CCC[C@@]2(CCC(C)(C)C)C(=O)O)cc1. The summed E-state index contributed by atoms with van der Waals surface area (Å²) in [6.45, 7) is 13.2. The van der Waals surface area contributed by atoms with Gasteiger partial charge in [-0.05, 0) is 61.5 Å². The normalized spacial score (nSPS) is 21.2. The monoisotopic (exact) mass is 387 g/mol. The molecule has 0 aliphatic carbocycles. The Bertz CT molecular complexity index is 687. The van der Waals surface area contributed by atoms with E-state index in [4.69, 9.17) is 0 Å². The van der Waals surface area contributed by atoms with Gasteiger partial charge < -0.3 is 10.0 Å². The summed E-state index contributed by atoms with van der Waals surface area (Å²) in [5.74, 6) is -0.666. The van der Waals surface area contributed by atoms with Gasteiger partial charge in [0.2, 0.25) is 5.91 Å². The molecule has 1 fully saturated rings. The predicted molar refractivity (Wildman–Crippen MR) is 113 cm³/mol. The van der Waals surface area contributed by atoms with Crippen LogP contribution in [0.4, 0.5) is 0 Å². The van der Waals surface area contributed by atoms with Crippen LogP contribution in [0.1, 0.15) is 84.3 Å². The Kier molecular flexibility index (Phi) is 6.95. The van der Waals surface area contributed by atoms with Crippen molar-refractivity contribution in [2.24, 2.45) is 11.3 Å². The highest BCUT2D eigenvalue weighted by Gasteiger charge is 2.50. The predicted octanol–water partition coefficient (Wildman–Crippen LogP) is 5.26. The Morgan fingerprint density at radius 2 is 1.75 bits per heavy atom. The molecule has 156 valence electrons. The molecule has 1 unspecified atom stereocenters. The molecule has 0 spiro atoms. The molecule has 1 aliphatic heterocycles. The van der Waals surface area contributed by atoms with Crippen molar-refractivity contribution in [3.05, 3.63) is 35.4 Å². The first-order valence-corrected chi connectivity index (χ1v) is 10.6. The lowest BCUT2D eigenvalue weighted by molar-refractivity contribution is -0.158. The van der Waals surface area contributed by atoms with Crippen LogP contribution in [0.25, 0.3) is 0 Å². The van der Waals surface area contributed by atoms with E-state index in [0.717, 1.165) is 24.8 Å². The minimum absolute atomic E-state index is 0.0393. The number of aliphatic carboxylic acids is 1. The Labute approximate surface area is 170 Å². The van der Waals surface area contributed by atoms with Crippen LogP contribution in [0, 0.1) is 11.3 Å². The van der Waals surface area contributed by atoms with Gasteiger partial charge in [-0.15, -0.1) is 0 Å². The molecule has 1 aliphatic rings. The van der Waals surface area contributed by atoms with Crippen molar-refractivity contribution < 1.29 is 14.7 Å². The number of hydrogen-bond acceptors (Lipinski definition) is 2. The van der Waals surface area contributed by atoms with Crippen LogP contribution in [-0.4, -0.2) is 34.0 Å². The third kappa shape index (κ3) is 5.15. The van der Waals surface area contributed by atoms with E-state index in [2.05, 4.69) is 46.8 Å². The van der Waals surface area contributed by atoms with Crippen molar-refractivity contribution in [3.63, 3.8) is 0 Å². The zero-order chi connectivity index (χ0) is 21.1. The Balaban J connectivity index is 2.21. The standard InChI is InChI=1S/C24H37NO3/c1-17(2)16-19-8-10-20(11-9-19)18(3)21(26)25-15-7-12-24(25,22(27)28)14-13-23(4,5)6/h8-11,17-18H,7,12-16H2,1-6H3,(H,27,28)/t18?,24-/m1/s1. The largest absolute Gasteiger partial charge is 0.479 e. The van der Waals surface area contributed by atoms with Crippen molar-refractivity contribution in [1.29, 1.82) is 0 Å². The van der Waals surface area contributed by atoms with Gasteiger partial charge in [0.05, 0.1) is 5.92 Å². The lowest BCUT2D eigenvalue weighted by atomic mass is 9.81.